The number of hydrogen-bond donors (Lipinski definition) is 3. The van der Waals surface area contributed by atoms with Gasteiger partial charge in [-0.1, -0.05) is 0 Å². The van der Waals surface area contributed by atoms with Crippen LogP contribution in [0.25, 0.3) is 0 Å². The van der Waals surface area contributed by atoms with Gasteiger partial charge in [0.15, 0.2) is 5.82 Å². The van der Waals surface area contributed by atoms with E-state index in [-0.39, 0.29) is 11.5 Å². The summed E-state index contributed by atoms with van der Waals surface area (Å²) in [6.07, 6.45) is -0.954. The molecule has 0 amide bonds. The SMILES string of the molecule is Cc1[nH]nc(N)c1C(O)c1ccc([N+](=O)[O-])cc1. The number of non-ortho nitro benzene ring substituents is 1. The zero-order valence-electron chi connectivity index (χ0n) is 9.62. The normalized spacial score (nSPS) is 12.3. The molecule has 0 bridgehead atoms. The maximum absolute atomic E-state index is 10.5. The highest BCUT2D eigenvalue weighted by Crippen LogP contribution is 2.28. The summed E-state index contributed by atoms with van der Waals surface area (Å²) in [5, 5.41) is 27.2. The van der Waals surface area contributed by atoms with Crippen LogP contribution in [0.5, 0.6) is 0 Å². The van der Waals surface area contributed by atoms with Gasteiger partial charge in [-0.25, -0.2) is 0 Å². The molecule has 0 saturated heterocycles. The number of hydrogen-bond acceptors (Lipinski definition) is 5. The number of aliphatic hydroxyl groups is 1. The van der Waals surface area contributed by atoms with E-state index in [2.05, 4.69) is 10.2 Å². The lowest BCUT2D eigenvalue weighted by molar-refractivity contribution is -0.384. The zero-order chi connectivity index (χ0) is 13.3. The quantitative estimate of drug-likeness (QED) is 0.558. The van der Waals surface area contributed by atoms with Crippen LogP contribution in [0.15, 0.2) is 24.3 Å². The van der Waals surface area contributed by atoms with Crippen molar-refractivity contribution in [2.75, 3.05) is 5.73 Å². The smallest absolute Gasteiger partial charge is 0.269 e. The lowest BCUT2D eigenvalue weighted by Gasteiger charge is -2.10. The molecule has 1 heterocycles. The number of nitrogens with one attached hydrogen (secondary N) is 1. The minimum Gasteiger partial charge on any atom is -0.383 e. The Balaban J connectivity index is 2.34. The fourth-order valence-corrected chi connectivity index (χ4v) is 1.75. The fourth-order valence-electron chi connectivity index (χ4n) is 1.75. The molecular formula is C11H12N4O3. The summed E-state index contributed by atoms with van der Waals surface area (Å²) in [5.74, 6) is 0.221. The third-order valence-electron chi connectivity index (χ3n) is 2.72. The maximum atomic E-state index is 10.5. The van der Waals surface area contributed by atoms with Crippen molar-refractivity contribution in [2.45, 2.75) is 13.0 Å². The summed E-state index contributed by atoms with van der Waals surface area (Å²) in [6.45, 7) is 1.74. The second-order valence-electron chi connectivity index (χ2n) is 3.90. The van der Waals surface area contributed by atoms with Gasteiger partial charge in [0.1, 0.15) is 6.10 Å². The molecule has 0 aliphatic rings. The van der Waals surface area contributed by atoms with Crippen LogP contribution in [-0.4, -0.2) is 20.2 Å². The summed E-state index contributed by atoms with van der Waals surface area (Å²) in [7, 11) is 0. The Morgan fingerprint density at radius 3 is 2.50 bits per heavy atom. The number of aliphatic hydroxyl groups excluding tert-OH is 1. The molecule has 1 aromatic heterocycles. The number of nitro groups is 1. The van der Waals surface area contributed by atoms with E-state index in [0.717, 1.165) is 0 Å². The number of nitrogens with two attached hydrogens (primary N) is 1. The van der Waals surface area contributed by atoms with E-state index in [0.29, 0.717) is 16.8 Å². The number of nitro benzene ring substituents is 1. The van der Waals surface area contributed by atoms with Gasteiger partial charge in [0.2, 0.25) is 0 Å². The first-order chi connectivity index (χ1) is 8.50. The highest BCUT2D eigenvalue weighted by Gasteiger charge is 2.19. The Labute approximate surface area is 102 Å². The van der Waals surface area contributed by atoms with Gasteiger partial charge in [0, 0.05) is 23.4 Å². The Hall–Kier alpha value is -2.41. The van der Waals surface area contributed by atoms with Crippen molar-refractivity contribution in [3.05, 3.63) is 51.2 Å². The van der Waals surface area contributed by atoms with E-state index in [1.54, 1.807) is 6.92 Å². The van der Waals surface area contributed by atoms with Crippen LogP contribution in [0.4, 0.5) is 11.5 Å². The van der Waals surface area contributed by atoms with E-state index in [1.807, 2.05) is 0 Å². The van der Waals surface area contributed by atoms with Gasteiger partial charge in [0.25, 0.3) is 5.69 Å². The molecule has 0 saturated carbocycles. The van der Waals surface area contributed by atoms with Crippen LogP contribution in [-0.2, 0) is 0 Å². The molecule has 1 atom stereocenters. The first kappa shape index (κ1) is 12.1. The molecule has 0 spiro atoms. The van der Waals surface area contributed by atoms with Crippen molar-refractivity contribution in [1.29, 1.82) is 0 Å². The summed E-state index contributed by atoms with van der Waals surface area (Å²) < 4.78 is 0. The first-order valence-corrected chi connectivity index (χ1v) is 5.23. The number of benzene rings is 1. The third-order valence-corrected chi connectivity index (χ3v) is 2.72. The maximum Gasteiger partial charge on any atom is 0.269 e. The number of aromatic nitrogens is 2. The van der Waals surface area contributed by atoms with Crippen LogP contribution in [0.2, 0.25) is 0 Å². The van der Waals surface area contributed by atoms with Crippen molar-refractivity contribution in [1.82, 2.24) is 10.2 Å². The molecular weight excluding hydrogens is 236 g/mol. The average molecular weight is 248 g/mol. The Kier molecular flexibility index (Phi) is 2.99. The monoisotopic (exact) mass is 248 g/mol. The largest absolute Gasteiger partial charge is 0.383 e. The fraction of sp³-hybridized carbons (Fsp3) is 0.182. The van der Waals surface area contributed by atoms with Crippen LogP contribution in [0.3, 0.4) is 0 Å². The average Bonchev–Trinajstić information content (AvgIpc) is 2.68. The van der Waals surface area contributed by atoms with Crippen molar-refractivity contribution < 1.29 is 10.0 Å². The summed E-state index contributed by atoms with van der Waals surface area (Å²) in [5.41, 5.74) is 7.30. The van der Waals surface area contributed by atoms with Crippen LogP contribution in [0, 0.1) is 17.0 Å². The zero-order valence-corrected chi connectivity index (χ0v) is 9.62. The number of H-pyrrole nitrogens is 1. The molecule has 7 nitrogen and oxygen atoms in total. The number of nitrogens with zero attached hydrogens (tertiary/aromatic N) is 2. The van der Waals surface area contributed by atoms with Gasteiger partial charge in [-0.3, -0.25) is 15.2 Å². The number of anilines is 1. The van der Waals surface area contributed by atoms with Gasteiger partial charge in [-0.15, -0.1) is 0 Å². The van der Waals surface area contributed by atoms with E-state index >= 15 is 0 Å². The van der Waals surface area contributed by atoms with E-state index < -0.39 is 11.0 Å². The van der Waals surface area contributed by atoms with Gasteiger partial charge < -0.3 is 10.8 Å². The van der Waals surface area contributed by atoms with Gasteiger partial charge in [0.05, 0.1) is 4.92 Å². The minimum absolute atomic E-state index is 0.0252. The molecule has 2 rings (SSSR count). The molecule has 1 unspecified atom stereocenters. The van der Waals surface area contributed by atoms with E-state index in [1.165, 1.54) is 24.3 Å². The standard InChI is InChI=1S/C11H12N4O3/c1-6-9(11(12)14-13-6)10(16)7-2-4-8(5-3-7)15(17)18/h2-5,10,16H,1H3,(H3,12,13,14). The van der Waals surface area contributed by atoms with Crippen LogP contribution < -0.4 is 5.73 Å². The highest BCUT2D eigenvalue weighted by atomic mass is 16.6. The van der Waals surface area contributed by atoms with Gasteiger partial charge >= 0.3 is 0 Å². The molecule has 4 N–H and O–H groups in total. The first-order valence-electron chi connectivity index (χ1n) is 5.23. The van der Waals surface area contributed by atoms with Crippen molar-refractivity contribution in [3.8, 4) is 0 Å². The minimum atomic E-state index is -0.954. The molecule has 2 aromatic rings. The summed E-state index contributed by atoms with van der Waals surface area (Å²) in [6, 6.07) is 5.66. The molecule has 0 aliphatic carbocycles. The summed E-state index contributed by atoms with van der Waals surface area (Å²) >= 11 is 0. The predicted molar refractivity (Wildman–Crippen MR) is 64.9 cm³/mol. The molecule has 1 aromatic carbocycles. The molecule has 7 heteroatoms. The Morgan fingerprint density at radius 2 is 2.06 bits per heavy atom. The Morgan fingerprint density at radius 1 is 1.44 bits per heavy atom. The van der Waals surface area contributed by atoms with Crippen molar-refractivity contribution >= 4 is 11.5 Å². The second-order valence-corrected chi connectivity index (χ2v) is 3.90. The molecule has 94 valence electrons. The highest BCUT2D eigenvalue weighted by molar-refractivity contribution is 5.48. The number of aromatic amines is 1. The van der Waals surface area contributed by atoms with Crippen molar-refractivity contribution in [2.24, 2.45) is 0 Å². The molecule has 0 radical (unpaired) electrons. The number of rotatable bonds is 3. The molecule has 0 aliphatic heterocycles. The Bertz CT molecular complexity index is 557. The lowest BCUT2D eigenvalue weighted by atomic mass is 10.0. The van der Waals surface area contributed by atoms with Gasteiger partial charge in [-0.2, -0.15) is 5.10 Å². The number of nitrogen functional groups attached to an aromatic ring is 1. The van der Waals surface area contributed by atoms with Crippen LogP contribution in [0.1, 0.15) is 22.9 Å². The third kappa shape index (κ3) is 2.03. The molecule has 18 heavy (non-hydrogen) atoms. The topological polar surface area (TPSA) is 118 Å². The second kappa shape index (κ2) is 4.46. The lowest BCUT2D eigenvalue weighted by Crippen LogP contribution is -2.03. The molecule has 0 fully saturated rings. The van der Waals surface area contributed by atoms with E-state index in [4.69, 9.17) is 5.73 Å². The predicted octanol–water partition coefficient (Wildman–Crippen LogP) is 1.29. The number of aryl methyl sites for hydroxylation is 1. The van der Waals surface area contributed by atoms with E-state index in [9.17, 15) is 15.2 Å². The summed E-state index contributed by atoms with van der Waals surface area (Å²) in [4.78, 5) is 10.0. The van der Waals surface area contributed by atoms with Gasteiger partial charge in [-0.05, 0) is 24.6 Å². The van der Waals surface area contributed by atoms with Crippen LogP contribution >= 0.6 is 0 Å². The van der Waals surface area contributed by atoms with Crippen molar-refractivity contribution in [3.63, 3.8) is 0 Å².